The Hall–Kier alpha value is -2.73. The molecule has 1 aromatic heterocycles. The summed E-state index contributed by atoms with van der Waals surface area (Å²) in [5.74, 6) is -0.376. The first-order valence-corrected chi connectivity index (χ1v) is 10.2. The highest BCUT2D eigenvalue weighted by molar-refractivity contribution is 5.80. The third-order valence-electron chi connectivity index (χ3n) is 6.03. The van der Waals surface area contributed by atoms with Gasteiger partial charge in [0.2, 0.25) is 0 Å². The smallest absolute Gasteiger partial charge is 0.306 e. The molecule has 3 aromatic rings. The van der Waals surface area contributed by atoms with Gasteiger partial charge in [0.25, 0.3) is 0 Å². The number of hydrogen-bond donors (Lipinski definition) is 1. The van der Waals surface area contributed by atoms with Gasteiger partial charge in [-0.25, -0.2) is 4.68 Å². The number of hydrogen-bond acceptors (Lipinski definition) is 5. The van der Waals surface area contributed by atoms with E-state index in [1.165, 1.54) is 11.1 Å². The molecule has 1 heterocycles. The number of carbonyl (C=O) groups excluding carboxylic acids is 1. The van der Waals surface area contributed by atoms with Gasteiger partial charge in [-0.2, -0.15) is 0 Å². The van der Waals surface area contributed by atoms with Crippen LogP contribution in [0.5, 0.6) is 0 Å². The Morgan fingerprint density at radius 3 is 2.90 bits per heavy atom. The molecule has 4 rings (SSSR count). The largest absolute Gasteiger partial charge is 0.466 e. The molecule has 6 nitrogen and oxygen atoms in total. The van der Waals surface area contributed by atoms with Gasteiger partial charge in [0, 0.05) is 13.0 Å². The molecule has 29 heavy (non-hydrogen) atoms. The first-order valence-electron chi connectivity index (χ1n) is 10.2. The van der Waals surface area contributed by atoms with E-state index in [9.17, 15) is 9.90 Å². The predicted molar refractivity (Wildman–Crippen MR) is 111 cm³/mol. The maximum absolute atomic E-state index is 12.5. The summed E-state index contributed by atoms with van der Waals surface area (Å²) in [6, 6.07) is 8.35. The van der Waals surface area contributed by atoms with Gasteiger partial charge in [0.05, 0.1) is 25.2 Å². The van der Waals surface area contributed by atoms with Crippen molar-refractivity contribution in [1.29, 1.82) is 0 Å². The zero-order chi connectivity index (χ0) is 20.5. The molecule has 1 aliphatic rings. The number of aliphatic hydroxyl groups is 1. The van der Waals surface area contributed by atoms with E-state index in [1.807, 2.05) is 27.0 Å². The number of rotatable bonds is 6. The number of aryl methyl sites for hydroxylation is 3. The molecule has 0 aliphatic heterocycles. The lowest BCUT2D eigenvalue weighted by Gasteiger charge is -2.22. The lowest BCUT2D eigenvalue weighted by molar-refractivity contribution is -0.143. The summed E-state index contributed by atoms with van der Waals surface area (Å²) in [4.78, 5) is 12.5. The fraction of sp³-hybridized carbons (Fsp3) is 0.435. The standard InChI is InChI=1S/C23H27N3O3/c1-4-29-22(28)12-20(16-10-15-6-5-7-19(15)17(11-16)13-27)18-8-9-21-23(14(18)2)24-25-26(21)3/h8-11,20,27H,4-7,12-13H2,1-3H3/t20-/m1/s1. The summed E-state index contributed by atoms with van der Waals surface area (Å²) in [5, 5.41) is 18.4. The van der Waals surface area contributed by atoms with Gasteiger partial charge < -0.3 is 9.84 Å². The zero-order valence-electron chi connectivity index (χ0n) is 17.2. The number of benzene rings is 2. The summed E-state index contributed by atoms with van der Waals surface area (Å²) >= 11 is 0. The van der Waals surface area contributed by atoms with E-state index in [-0.39, 0.29) is 24.9 Å². The molecule has 0 bridgehead atoms. The van der Waals surface area contributed by atoms with Gasteiger partial charge in [0.1, 0.15) is 5.52 Å². The minimum atomic E-state index is -0.220. The van der Waals surface area contributed by atoms with Crippen LogP contribution in [0.3, 0.4) is 0 Å². The summed E-state index contributed by atoms with van der Waals surface area (Å²) in [5.41, 5.74) is 8.47. The van der Waals surface area contributed by atoms with Crippen molar-refractivity contribution in [2.75, 3.05) is 6.61 Å². The highest BCUT2D eigenvalue weighted by atomic mass is 16.5. The first-order chi connectivity index (χ1) is 14.0. The number of ether oxygens (including phenoxy) is 1. The highest BCUT2D eigenvalue weighted by Gasteiger charge is 2.25. The minimum Gasteiger partial charge on any atom is -0.466 e. The van der Waals surface area contributed by atoms with E-state index in [0.29, 0.717) is 6.61 Å². The third-order valence-corrected chi connectivity index (χ3v) is 6.03. The Labute approximate surface area is 170 Å². The van der Waals surface area contributed by atoms with Gasteiger partial charge >= 0.3 is 5.97 Å². The molecule has 1 N–H and O–H groups in total. The maximum Gasteiger partial charge on any atom is 0.306 e. The van der Waals surface area contributed by atoms with Crippen molar-refractivity contribution in [1.82, 2.24) is 15.0 Å². The number of fused-ring (bicyclic) bond motifs is 2. The number of nitrogens with zero attached hydrogens (tertiary/aromatic N) is 3. The van der Waals surface area contributed by atoms with Gasteiger partial charge in [-0.05, 0) is 72.6 Å². The number of aromatic nitrogens is 3. The summed E-state index contributed by atoms with van der Waals surface area (Å²) in [7, 11) is 1.87. The Kier molecular flexibility index (Phi) is 5.37. The van der Waals surface area contributed by atoms with Crippen LogP contribution in [0.2, 0.25) is 0 Å². The fourth-order valence-electron chi connectivity index (χ4n) is 4.59. The third kappa shape index (κ3) is 3.53. The van der Waals surface area contributed by atoms with Crippen LogP contribution in [0.25, 0.3) is 11.0 Å². The molecule has 0 fully saturated rings. The fourth-order valence-corrected chi connectivity index (χ4v) is 4.59. The SMILES string of the molecule is CCOC(=O)C[C@H](c1cc(CO)c2c(c1)CCC2)c1ccc2c(nnn2C)c1C. The van der Waals surface area contributed by atoms with Crippen LogP contribution in [0, 0.1) is 6.92 Å². The quantitative estimate of drug-likeness (QED) is 0.650. The Balaban J connectivity index is 1.85. The lowest BCUT2D eigenvalue weighted by Crippen LogP contribution is -2.14. The van der Waals surface area contributed by atoms with E-state index >= 15 is 0 Å². The van der Waals surface area contributed by atoms with Crippen LogP contribution in [0.1, 0.15) is 59.1 Å². The van der Waals surface area contributed by atoms with Crippen LogP contribution in [0.15, 0.2) is 24.3 Å². The molecule has 6 heteroatoms. The summed E-state index contributed by atoms with van der Waals surface area (Å²) < 4.78 is 7.03. The lowest BCUT2D eigenvalue weighted by atomic mass is 9.83. The second-order valence-corrected chi connectivity index (χ2v) is 7.75. The maximum atomic E-state index is 12.5. The van der Waals surface area contributed by atoms with Crippen LogP contribution in [-0.4, -0.2) is 32.7 Å². The Bertz CT molecular complexity index is 1070. The highest BCUT2D eigenvalue weighted by Crippen LogP contribution is 2.37. The zero-order valence-corrected chi connectivity index (χ0v) is 17.2. The van der Waals surface area contributed by atoms with Crippen LogP contribution >= 0.6 is 0 Å². The van der Waals surface area contributed by atoms with E-state index < -0.39 is 0 Å². The average Bonchev–Trinajstić information content (AvgIpc) is 3.33. The van der Waals surface area contributed by atoms with Gasteiger partial charge in [-0.1, -0.05) is 23.4 Å². The summed E-state index contributed by atoms with van der Waals surface area (Å²) in [6.07, 6.45) is 3.39. The molecule has 0 saturated carbocycles. The predicted octanol–water partition coefficient (Wildman–Crippen LogP) is 3.34. The van der Waals surface area contributed by atoms with Crippen molar-refractivity contribution >= 4 is 17.0 Å². The van der Waals surface area contributed by atoms with E-state index in [1.54, 1.807) is 4.68 Å². The van der Waals surface area contributed by atoms with Crippen molar-refractivity contribution in [2.24, 2.45) is 7.05 Å². The van der Waals surface area contributed by atoms with Crippen molar-refractivity contribution in [3.63, 3.8) is 0 Å². The van der Waals surface area contributed by atoms with Crippen LogP contribution < -0.4 is 0 Å². The Morgan fingerprint density at radius 2 is 2.14 bits per heavy atom. The second-order valence-electron chi connectivity index (χ2n) is 7.75. The molecule has 0 saturated heterocycles. The molecular formula is C23H27N3O3. The van der Waals surface area contributed by atoms with Gasteiger partial charge in [-0.15, -0.1) is 5.10 Å². The monoisotopic (exact) mass is 393 g/mol. The number of esters is 1. The van der Waals surface area contributed by atoms with E-state index in [0.717, 1.165) is 52.5 Å². The summed E-state index contributed by atoms with van der Waals surface area (Å²) in [6.45, 7) is 4.23. The molecule has 152 valence electrons. The van der Waals surface area contributed by atoms with Crippen molar-refractivity contribution in [3.05, 3.63) is 57.6 Å². The normalized spacial score (nSPS) is 14.2. The molecule has 1 aliphatic carbocycles. The minimum absolute atomic E-state index is 0.0183. The van der Waals surface area contributed by atoms with E-state index in [2.05, 4.69) is 28.5 Å². The molecule has 0 spiro atoms. The molecule has 1 atom stereocenters. The van der Waals surface area contributed by atoms with Crippen molar-refractivity contribution < 1.29 is 14.6 Å². The number of aliphatic hydroxyl groups excluding tert-OH is 1. The van der Waals surface area contributed by atoms with Crippen molar-refractivity contribution in [2.45, 2.75) is 52.1 Å². The van der Waals surface area contributed by atoms with Crippen molar-refractivity contribution in [3.8, 4) is 0 Å². The van der Waals surface area contributed by atoms with E-state index in [4.69, 9.17) is 4.74 Å². The molecule has 0 unspecified atom stereocenters. The average molecular weight is 393 g/mol. The molecule has 0 radical (unpaired) electrons. The first kappa shape index (κ1) is 19.6. The van der Waals surface area contributed by atoms with Crippen LogP contribution in [-0.2, 0) is 36.0 Å². The van der Waals surface area contributed by atoms with Gasteiger partial charge in [-0.3, -0.25) is 4.79 Å². The van der Waals surface area contributed by atoms with Gasteiger partial charge in [0.15, 0.2) is 0 Å². The Morgan fingerprint density at radius 1 is 1.31 bits per heavy atom. The number of carbonyl (C=O) groups is 1. The topological polar surface area (TPSA) is 77.2 Å². The molecule has 0 amide bonds. The molecule has 2 aromatic carbocycles. The second kappa shape index (κ2) is 7.95. The van der Waals surface area contributed by atoms with Crippen LogP contribution in [0.4, 0.5) is 0 Å². The molecular weight excluding hydrogens is 366 g/mol.